The van der Waals surface area contributed by atoms with Gasteiger partial charge in [0, 0.05) is 45.8 Å². The topological polar surface area (TPSA) is 77.6 Å². The van der Waals surface area contributed by atoms with Crippen molar-refractivity contribution in [3.63, 3.8) is 0 Å². The van der Waals surface area contributed by atoms with E-state index in [2.05, 4.69) is 35.3 Å². The van der Waals surface area contributed by atoms with E-state index in [4.69, 9.17) is 24.4 Å². The smallest absolute Gasteiger partial charge is 0.227 e. The molecule has 0 atom stereocenters. The van der Waals surface area contributed by atoms with Crippen molar-refractivity contribution >= 4 is 11.1 Å². The van der Waals surface area contributed by atoms with Gasteiger partial charge in [-0.15, -0.1) is 0 Å². The monoisotopic (exact) mass is 579 g/mol. The van der Waals surface area contributed by atoms with Gasteiger partial charge >= 0.3 is 0 Å². The van der Waals surface area contributed by atoms with Crippen LogP contribution in [-0.4, -0.2) is 24.9 Å². The molecule has 0 bridgehead atoms. The molecule has 0 unspecified atom stereocenters. The van der Waals surface area contributed by atoms with E-state index >= 15 is 0 Å². The molecule has 3 heterocycles. The van der Waals surface area contributed by atoms with Crippen LogP contribution in [-0.2, 0) is 0 Å². The minimum atomic E-state index is 0.582. The van der Waals surface area contributed by atoms with Crippen LogP contribution in [0.5, 0.6) is 0 Å². The molecule has 0 saturated heterocycles. The zero-order valence-corrected chi connectivity index (χ0v) is 24.1. The molecule has 0 amide bonds. The first-order valence-electron chi connectivity index (χ1n) is 14.7. The number of rotatable bonds is 6. The summed E-state index contributed by atoms with van der Waals surface area (Å²) in [6.07, 6.45) is 3.63. The second-order valence-corrected chi connectivity index (χ2v) is 10.6. The van der Waals surface area contributed by atoms with Crippen LogP contribution < -0.4 is 0 Å². The maximum atomic E-state index is 6.32. The number of benzene rings is 5. The molecule has 8 rings (SSSR count). The first-order valence-corrected chi connectivity index (χ1v) is 14.7. The third-order valence-electron chi connectivity index (χ3n) is 7.66. The van der Waals surface area contributed by atoms with Gasteiger partial charge in [-0.25, -0.2) is 19.9 Å². The fourth-order valence-corrected chi connectivity index (χ4v) is 5.39. The number of hydrogen-bond acceptors (Lipinski definition) is 6. The van der Waals surface area contributed by atoms with Gasteiger partial charge in [0.2, 0.25) is 5.89 Å². The molecule has 0 N–H and O–H groups in total. The zero-order chi connectivity index (χ0) is 30.0. The first-order chi connectivity index (χ1) is 22.3. The van der Waals surface area contributed by atoms with Crippen LogP contribution in [0.1, 0.15) is 0 Å². The van der Waals surface area contributed by atoms with Gasteiger partial charge in [-0.3, -0.25) is 4.98 Å². The number of fused-ring (bicyclic) bond motifs is 1. The summed E-state index contributed by atoms with van der Waals surface area (Å²) >= 11 is 0. The molecular formula is C39H25N5O. The Hall–Kier alpha value is -6.27. The summed E-state index contributed by atoms with van der Waals surface area (Å²) < 4.78 is 6.32. The van der Waals surface area contributed by atoms with Crippen LogP contribution in [0.4, 0.5) is 0 Å². The fourth-order valence-electron chi connectivity index (χ4n) is 5.39. The van der Waals surface area contributed by atoms with E-state index < -0.39 is 0 Å². The van der Waals surface area contributed by atoms with E-state index in [0.29, 0.717) is 28.9 Å². The molecule has 6 nitrogen and oxygen atoms in total. The molecule has 0 spiro atoms. The first kappa shape index (κ1) is 26.4. The van der Waals surface area contributed by atoms with Gasteiger partial charge in [-0.1, -0.05) is 109 Å². The Morgan fingerprint density at radius 3 is 1.47 bits per heavy atom. The molecule has 3 aromatic heterocycles. The second kappa shape index (κ2) is 11.4. The van der Waals surface area contributed by atoms with Gasteiger partial charge in [0.1, 0.15) is 5.52 Å². The van der Waals surface area contributed by atoms with Gasteiger partial charge in [0.15, 0.2) is 23.1 Å². The number of pyridine rings is 1. The lowest BCUT2D eigenvalue weighted by Gasteiger charge is -2.10. The summed E-state index contributed by atoms with van der Waals surface area (Å²) in [6, 6.07) is 46.4. The Balaban J connectivity index is 1.25. The summed E-state index contributed by atoms with van der Waals surface area (Å²) in [5.74, 6) is 2.45. The molecule has 212 valence electrons. The molecule has 45 heavy (non-hydrogen) atoms. The number of nitrogens with zero attached hydrogens (tertiary/aromatic N) is 5. The predicted molar refractivity (Wildman–Crippen MR) is 178 cm³/mol. The summed E-state index contributed by atoms with van der Waals surface area (Å²) in [5, 5.41) is 0. The average Bonchev–Trinajstić information content (AvgIpc) is 3.57. The molecule has 0 saturated carbocycles. The summed E-state index contributed by atoms with van der Waals surface area (Å²) in [6.45, 7) is 0. The lowest BCUT2D eigenvalue weighted by atomic mass is 9.97. The molecule has 0 aliphatic heterocycles. The fraction of sp³-hybridized carbons (Fsp3) is 0. The van der Waals surface area contributed by atoms with E-state index in [1.807, 2.05) is 115 Å². The summed E-state index contributed by atoms with van der Waals surface area (Å²) in [5.41, 5.74) is 9.17. The van der Waals surface area contributed by atoms with Crippen molar-refractivity contribution < 1.29 is 4.42 Å². The van der Waals surface area contributed by atoms with Gasteiger partial charge in [0.25, 0.3) is 0 Å². The normalized spacial score (nSPS) is 11.1. The highest BCUT2D eigenvalue weighted by atomic mass is 16.3. The minimum Gasteiger partial charge on any atom is -0.436 e. The van der Waals surface area contributed by atoms with Crippen LogP contribution >= 0.6 is 0 Å². The van der Waals surface area contributed by atoms with E-state index in [-0.39, 0.29) is 0 Å². The number of oxazole rings is 1. The Morgan fingerprint density at radius 1 is 0.400 bits per heavy atom. The van der Waals surface area contributed by atoms with Crippen molar-refractivity contribution in [3.8, 4) is 67.9 Å². The van der Waals surface area contributed by atoms with Gasteiger partial charge in [-0.05, 0) is 41.5 Å². The van der Waals surface area contributed by atoms with Crippen molar-refractivity contribution in [1.29, 1.82) is 0 Å². The Labute approximate surface area is 259 Å². The molecule has 8 aromatic rings. The zero-order valence-electron chi connectivity index (χ0n) is 24.1. The summed E-state index contributed by atoms with van der Waals surface area (Å²) in [7, 11) is 0. The number of hydrogen-bond donors (Lipinski definition) is 0. The Morgan fingerprint density at radius 2 is 0.911 bits per heavy atom. The van der Waals surface area contributed by atoms with Crippen LogP contribution in [0.15, 0.2) is 156 Å². The van der Waals surface area contributed by atoms with Crippen molar-refractivity contribution in [1.82, 2.24) is 24.9 Å². The van der Waals surface area contributed by atoms with Crippen molar-refractivity contribution in [2.45, 2.75) is 0 Å². The summed E-state index contributed by atoms with van der Waals surface area (Å²) in [4.78, 5) is 23.9. The maximum Gasteiger partial charge on any atom is 0.227 e. The highest BCUT2D eigenvalue weighted by Gasteiger charge is 2.17. The van der Waals surface area contributed by atoms with Crippen molar-refractivity contribution in [2.24, 2.45) is 0 Å². The second-order valence-electron chi connectivity index (χ2n) is 10.6. The predicted octanol–water partition coefficient (Wildman–Crippen LogP) is 9.41. The van der Waals surface area contributed by atoms with Gasteiger partial charge < -0.3 is 4.42 Å². The van der Waals surface area contributed by atoms with E-state index in [1.54, 1.807) is 6.20 Å². The standard InChI is InChI=1S/C39H25N5O/c1-4-11-27(12-5-1)36-42-37(28-13-6-2-7-14-28)44-38(43-36)29-20-18-26(19-21-29)33-23-32(31-17-10-22-40-25-31)24-34-35(33)41-39(45-34)30-15-8-3-9-16-30/h1-25H. The molecule has 0 aliphatic rings. The van der Waals surface area contributed by atoms with Crippen LogP contribution in [0.3, 0.4) is 0 Å². The number of aromatic nitrogens is 5. The van der Waals surface area contributed by atoms with E-state index in [9.17, 15) is 0 Å². The largest absolute Gasteiger partial charge is 0.436 e. The molecule has 0 fully saturated rings. The third-order valence-corrected chi connectivity index (χ3v) is 7.66. The third kappa shape index (κ3) is 5.26. The highest BCUT2D eigenvalue weighted by Crippen LogP contribution is 2.37. The molecule has 5 aromatic carbocycles. The molecular weight excluding hydrogens is 554 g/mol. The van der Waals surface area contributed by atoms with Crippen LogP contribution in [0, 0.1) is 0 Å². The Bertz CT molecular complexity index is 2180. The molecule has 0 radical (unpaired) electrons. The quantitative estimate of drug-likeness (QED) is 0.195. The average molecular weight is 580 g/mol. The molecule has 6 heteroatoms. The van der Waals surface area contributed by atoms with Crippen LogP contribution in [0.2, 0.25) is 0 Å². The van der Waals surface area contributed by atoms with Gasteiger partial charge in [0.05, 0.1) is 0 Å². The lowest BCUT2D eigenvalue weighted by molar-refractivity contribution is 0.620. The van der Waals surface area contributed by atoms with Gasteiger partial charge in [-0.2, -0.15) is 0 Å². The van der Waals surface area contributed by atoms with E-state index in [0.717, 1.165) is 50.0 Å². The lowest BCUT2D eigenvalue weighted by Crippen LogP contribution is -2.00. The van der Waals surface area contributed by atoms with E-state index in [1.165, 1.54) is 0 Å². The maximum absolute atomic E-state index is 6.32. The SMILES string of the molecule is c1ccc(-c2nc(-c3ccccc3)nc(-c3ccc(-c4cc(-c5cccnc5)cc5oc(-c6ccccc6)nc45)cc3)n2)cc1. The van der Waals surface area contributed by atoms with Crippen molar-refractivity contribution in [2.75, 3.05) is 0 Å². The van der Waals surface area contributed by atoms with Crippen LogP contribution in [0.25, 0.3) is 79.0 Å². The Kier molecular flexibility index (Phi) is 6.70. The highest BCUT2D eigenvalue weighted by molar-refractivity contribution is 5.96. The van der Waals surface area contributed by atoms with Crippen molar-refractivity contribution in [3.05, 3.63) is 152 Å². The molecule has 0 aliphatic carbocycles. The minimum absolute atomic E-state index is 0.582.